The first kappa shape index (κ1) is 25.1. The van der Waals surface area contributed by atoms with Crippen LogP contribution in [0, 0.1) is 0 Å². The molecule has 1 heterocycles. The Morgan fingerprint density at radius 3 is 2.45 bits per heavy atom. The van der Waals surface area contributed by atoms with Gasteiger partial charge in [0.1, 0.15) is 0 Å². The lowest BCUT2D eigenvalue weighted by atomic mass is 10.1. The van der Waals surface area contributed by atoms with Gasteiger partial charge in [-0.25, -0.2) is 0 Å². The molecule has 0 saturated carbocycles. The van der Waals surface area contributed by atoms with Crippen LogP contribution in [-0.4, -0.2) is 64.8 Å². The van der Waals surface area contributed by atoms with Crippen LogP contribution in [0.1, 0.15) is 17.5 Å². The van der Waals surface area contributed by atoms with Crippen molar-refractivity contribution in [3.8, 4) is 0 Å². The first-order valence-electron chi connectivity index (χ1n) is 10.9. The molecule has 0 atom stereocenters. The second-order valence-electron chi connectivity index (χ2n) is 7.82. The molecule has 1 aromatic heterocycles. The molecule has 0 aliphatic rings. The van der Waals surface area contributed by atoms with Crippen LogP contribution in [0.25, 0.3) is 10.9 Å². The standard InChI is InChI=1S/C25H29Cl2N3O3/c1-33-15-7-13-30(25(32)24(26)27)18-23(31)29(17-19-8-3-2-4-9-19)14-12-20-16-28-22-11-6-5-10-21(20)22/h2-6,8-11,16,24,28H,7,12-15,17-18H2,1H3. The summed E-state index contributed by atoms with van der Waals surface area (Å²) in [5.74, 6) is -0.627. The number of nitrogens with one attached hydrogen (secondary N) is 1. The molecule has 8 heteroatoms. The fourth-order valence-corrected chi connectivity index (χ4v) is 4.03. The van der Waals surface area contributed by atoms with Crippen molar-refractivity contribution in [2.45, 2.75) is 24.2 Å². The summed E-state index contributed by atoms with van der Waals surface area (Å²) in [7, 11) is 1.59. The molecule has 1 N–H and O–H groups in total. The molecule has 0 radical (unpaired) electrons. The van der Waals surface area contributed by atoms with E-state index in [1.165, 1.54) is 4.90 Å². The molecule has 0 unspecified atom stereocenters. The Kier molecular flexibility index (Phi) is 9.61. The van der Waals surface area contributed by atoms with Crippen molar-refractivity contribution in [2.75, 3.05) is 33.4 Å². The van der Waals surface area contributed by atoms with Gasteiger partial charge in [-0.1, -0.05) is 71.7 Å². The minimum absolute atomic E-state index is 0.0841. The zero-order chi connectivity index (χ0) is 23.6. The number of carbonyl (C=O) groups is 2. The van der Waals surface area contributed by atoms with Gasteiger partial charge >= 0.3 is 0 Å². The number of carbonyl (C=O) groups excluding carboxylic acids is 2. The average molecular weight is 490 g/mol. The number of hydrogen-bond acceptors (Lipinski definition) is 3. The molecule has 0 spiro atoms. The summed E-state index contributed by atoms with van der Waals surface area (Å²) in [4.78, 5) is 31.1. The third-order valence-corrected chi connectivity index (χ3v) is 5.87. The number of benzene rings is 2. The smallest absolute Gasteiger partial charge is 0.256 e. The third-order valence-electron chi connectivity index (χ3n) is 5.50. The molecule has 2 amide bonds. The zero-order valence-electron chi connectivity index (χ0n) is 18.7. The second kappa shape index (κ2) is 12.6. The highest BCUT2D eigenvalue weighted by Crippen LogP contribution is 2.19. The number of alkyl halides is 2. The van der Waals surface area contributed by atoms with Crippen molar-refractivity contribution in [3.05, 3.63) is 71.9 Å². The van der Waals surface area contributed by atoms with Crippen molar-refractivity contribution in [1.82, 2.24) is 14.8 Å². The van der Waals surface area contributed by atoms with Gasteiger partial charge < -0.3 is 19.5 Å². The molecule has 0 saturated heterocycles. The molecular formula is C25H29Cl2N3O3. The van der Waals surface area contributed by atoms with Gasteiger partial charge in [0.25, 0.3) is 5.91 Å². The maximum Gasteiger partial charge on any atom is 0.256 e. The van der Waals surface area contributed by atoms with Gasteiger partial charge in [0.05, 0.1) is 6.54 Å². The van der Waals surface area contributed by atoms with Crippen LogP contribution in [0.3, 0.4) is 0 Å². The van der Waals surface area contributed by atoms with Crippen molar-refractivity contribution in [2.24, 2.45) is 0 Å². The van der Waals surface area contributed by atoms with Crippen molar-refractivity contribution in [3.63, 3.8) is 0 Å². The molecule has 0 aliphatic heterocycles. The molecule has 3 rings (SSSR count). The van der Waals surface area contributed by atoms with E-state index in [4.69, 9.17) is 27.9 Å². The fourth-order valence-electron chi connectivity index (χ4n) is 3.76. The number of ether oxygens (including phenoxy) is 1. The highest BCUT2D eigenvalue weighted by atomic mass is 35.5. The number of nitrogens with zero attached hydrogens (tertiary/aromatic N) is 2. The molecule has 6 nitrogen and oxygen atoms in total. The lowest BCUT2D eigenvalue weighted by molar-refractivity contribution is -0.140. The largest absolute Gasteiger partial charge is 0.385 e. The number of hydrogen-bond donors (Lipinski definition) is 1. The molecule has 0 fully saturated rings. The zero-order valence-corrected chi connectivity index (χ0v) is 20.2. The van der Waals surface area contributed by atoms with Gasteiger partial charge in [0.2, 0.25) is 5.91 Å². The van der Waals surface area contributed by atoms with Crippen molar-refractivity contribution >= 4 is 45.9 Å². The number of methoxy groups -OCH3 is 1. The number of aromatic amines is 1. The maximum atomic E-state index is 13.3. The van der Waals surface area contributed by atoms with Gasteiger partial charge in [0.15, 0.2) is 4.84 Å². The molecule has 33 heavy (non-hydrogen) atoms. The predicted molar refractivity (Wildman–Crippen MR) is 132 cm³/mol. The summed E-state index contributed by atoms with van der Waals surface area (Å²) in [5, 5.41) is 1.15. The summed E-state index contributed by atoms with van der Waals surface area (Å²) in [5.41, 5.74) is 3.24. The number of halogens is 2. The molecular weight excluding hydrogens is 461 g/mol. The Labute approximate surface area is 204 Å². The molecule has 176 valence electrons. The Morgan fingerprint density at radius 1 is 1.00 bits per heavy atom. The van der Waals surface area contributed by atoms with Gasteiger partial charge in [-0.3, -0.25) is 9.59 Å². The average Bonchev–Trinajstić information content (AvgIpc) is 3.24. The van der Waals surface area contributed by atoms with E-state index in [0.29, 0.717) is 39.1 Å². The quantitative estimate of drug-likeness (QED) is 0.302. The van der Waals surface area contributed by atoms with Crippen LogP contribution in [0.15, 0.2) is 60.8 Å². The number of fused-ring (bicyclic) bond motifs is 1. The lowest BCUT2D eigenvalue weighted by Gasteiger charge is -2.28. The van der Waals surface area contributed by atoms with Crippen LogP contribution < -0.4 is 0 Å². The van der Waals surface area contributed by atoms with E-state index in [-0.39, 0.29) is 12.5 Å². The maximum absolute atomic E-state index is 13.3. The lowest BCUT2D eigenvalue weighted by Crippen LogP contribution is -2.45. The normalized spacial score (nSPS) is 11.2. The minimum atomic E-state index is -1.21. The first-order chi connectivity index (χ1) is 16.0. The first-order valence-corrected chi connectivity index (χ1v) is 11.8. The van der Waals surface area contributed by atoms with Gasteiger partial charge in [0, 0.05) is 50.5 Å². The summed E-state index contributed by atoms with van der Waals surface area (Å²) in [6.07, 6.45) is 3.26. The predicted octanol–water partition coefficient (Wildman–Crippen LogP) is 4.41. The van der Waals surface area contributed by atoms with Crippen LogP contribution in [0.5, 0.6) is 0 Å². The fraction of sp³-hybridized carbons (Fsp3) is 0.360. The van der Waals surface area contributed by atoms with Crippen LogP contribution >= 0.6 is 23.2 Å². The molecule has 2 aromatic carbocycles. The van der Waals surface area contributed by atoms with E-state index >= 15 is 0 Å². The minimum Gasteiger partial charge on any atom is -0.385 e. The number of aromatic nitrogens is 1. The van der Waals surface area contributed by atoms with Crippen LogP contribution in [0.4, 0.5) is 0 Å². The van der Waals surface area contributed by atoms with E-state index < -0.39 is 10.7 Å². The summed E-state index contributed by atoms with van der Waals surface area (Å²) in [6, 6.07) is 17.9. The van der Waals surface area contributed by atoms with Gasteiger partial charge in [-0.15, -0.1) is 0 Å². The summed E-state index contributed by atoms with van der Waals surface area (Å²) < 4.78 is 5.08. The SMILES string of the molecule is COCCCN(CC(=O)N(CCc1c[nH]c2ccccc12)Cc1ccccc1)C(=O)C(Cl)Cl. The van der Waals surface area contributed by atoms with E-state index in [1.54, 1.807) is 12.0 Å². The topological polar surface area (TPSA) is 65.6 Å². The molecule has 0 aliphatic carbocycles. The van der Waals surface area contributed by atoms with Gasteiger partial charge in [-0.05, 0) is 30.0 Å². The van der Waals surface area contributed by atoms with E-state index in [9.17, 15) is 9.59 Å². The number of para-hydroxylation sites is 1. The molecule has 3 aromatic rings. The molecule has 0 bridgehead atoms. The Morgan fingerprint density at radius 2 is 1.73 bits per heavy atom. The summed E-state index contributed by atoms with van der Waals surface area (Å²) in [6.45, 7) is 1.70. The van der Waals surface area contributed by atoms with E-state index in [0.717, 1.165) is 22.0 Å². The number of amides is 2. The Balaban J connectivity index is 1.75. The Hall–Kier alpha value is -2.54. The van der Waals surface area contributed by atoms with E-state index in [1.807, 2.05) is 54.7 Å². The van der Waals surface area contributed by atoms with Crippen LogP contribution in [0.2, 0.25) is 0 Å². The highest BCUT2D eigenvalue weighted by molar-refractivity contribution is 6.53. The highest BCUT2D eigenvalue weighted by Gasteiger charge is 2.25. The number of H-pyrrole nitrogens is 1. The van der Waals surface area contributed by atoms with Crippen molar-refractivity contribution < 1.29 is 14.3 Å². The van der Waals surface area contributed by atoms with Crippen molar-refractivity contribution in [1.29, 1.82) is 0 Å². The second-order valence-corrected chi connectivity index (χ2v) is 8.91. The monoisotopic (exact) mass is 489 g/mol. The Bertz CT molecular complexity index is 1040. The van der Waals surface area contributed by atoms with Crippen LogP contribution in [-0.2, 0) is 27.3 Å². The van der Waals surface area contributed by atoms with E-state index in [2.05, 4.69) is 11.1 Å². The number of rotatable bonds is 12. The summed E-state index contributed by atoms with van der Waals surface area (Å²) >= 11 is 11.7. The van der Waals surface area contributed by atoms with Gasteiger partial charge in [-0.2, -0.15) is 0 Å². The third kappa shape index (κ3) is 7.22.